The third-order valence-corrected chi connectivity index (χ3v) is 5.42. The van der Waals surface area contributed by atoms with Crippen molar-refractivity contribution in [2.45, 2.75) is 51.7 Å². The summed E-state index contributed by atoms with van der Waals surface area (Å²) in [5, 5.41) is 5.72. The fourth-order valence-corrected chi connectivity index (χ4v) is 3.68. The van der Waals surface area contributed by atoms with Crippen LogP contribution < -0.4 is 5.32 Å². The molecule has 2 heterocycles. The van der Waals surface area contributed by atoms with Crippen LogP contribution in [0.4, 0.5) is 0 Å². The van der Waals surface area contributed by atoms with Crippen molar-refractivity contribution < 1.29 is 9.59 Å². The molecule has 3 rings (SSSR count). The molecule has 114 valence electrons. The van der Waals surface area contributed by atoms with Gasteiger partial charge < -0.3 is 10.2 Å². The minimum Gasteiger partial charge on any atom is -0.342 e. The maximum atomic E-state index is 12.9. The predicted octanol–water partition coefficient (Wildman–Crippen LogP) is 1.79. The number of nitrogens with one attached hydrogen (secondary N) is 1. The quantitative estimate of drug-likeness (QED) is 0.922. The van der Waals surface area contributed by atoms with Crippen molar-refractivity contribution in [3.8, 4) is 0 Å². The Balaban J connectivity index is 1.95. The predicted molar refractivity (Wildman–Crippen MR) is 80.6 cm³/mol. The highest BCUT2D eigenvalue weighted by atomic mass is 32.1. The van der Waals surface area contributed by atoms with Gasteiger partial charge in [0.1, 0.15) is 16.6 Å². The monoisotopic (exact) mass is 307 g/mol. The zero-order valence-electron chi connectivity index (χ0n) is 12.6. The Labute approximate surface area is 128 Å². The highest BCUT2D eigenvalue weighted by molar-refractivity contribution is 7.09. The molecule has 1 aromatic rings. The zero-order chi connectivity index (χ0) is 15.2. The molecule has 1 saturated carbocycles. The maximum absolute atomic E-state index is 12.9. The summed E-state index contributed by atoms with van der Waals surface area (Å²) < 4.78 is 0. The van der Waals surface area contributed by atoms with E-state index < -0.39 is 11.6 Å². The molecule has 1 aliphatic heterocycles. The summed E-state index contributed by atoms with van der Waals surface area (Å²) in [5.41, 5.74) is -0.728. The lowest BCUT2D eigenvalue weighted by Crippen LogP contribution is -2.71. The second kappa shape index (κ2) is 5.09. The minimum absolute atomic E-state index is 0.0140. The Morgan fingerprint density at radius 2 is 2.19 bits per heavy atom. The lowest BCUT2D eigenvalue weighted by atomic mass is 9.86. The van der Waals surface area contributed by atoms with E-state index in [1.807, 2.05) is 26.2 Å². The van der Waals surface area contributed by atoms with Crippen LogP contribution in [0.5, 0.6) is 0 Å². The number of aromatic nitrogens is 1. The summed E-state index contributed by atoms with van der Waals surface area (Å²) >= 11 is 1.53. The maximum Gasteiger partial charge on any atom is 0.246 e. The van der Waals surface area contributed by atoms with Crippen LogP contribution in [0.25, 0.3) is 0 Å². The van der Waals surface area contributed by atoms with Gasteiger partial charge >= 0.3 is 0 Å². The first-order valence-corrected chi connectivity index (χ1v) is 8.33. The van der Waals surface area contributed by atoms with E-state index in [1.54, 1.807) is 11.1 Å². The molecule has 6 heteroatoms. The van der Waals surface area contributed by atoms with Crippen LogP contribution in [0, 0.1) is 11.8 Å². The SMILES string of the molecule is CC(C)C1NC(=O)C(C)(C2CC2)N(Cc2nccs2)C1=O. The molecule has 2 amide bonds. The molecule has 0 aromatic carbocycles. The van der Waals surface area contributed by atoms with Crippen LogP contribution in [0.2, 0.25) is 0 Å². The first-order chi connectivity index (χ1) is 9.94. The van der Waals surface area contributed by atoms with Crippen molar-refractivity contribution >= 4 is 23.2 Å². The molecule has 2 unspecified atom stereocenters. The van der Waals surface area contributed by atoms with Crippen molar-refractivity contribution in [3.05, 3.63) is 16.6 Å². The Hall–Kier alpha value is -1.43. The molecule has 0 radical (unpaired) electrons. The average molecular weight is 307 g/mol. The van der Waals surface area contributed by atoms with Crippen LogP contribution in [0.15, 0.2) is 11.6 Å². The molecule has 2 aliphatic rings. The summed E-state index contributed by atoms with van der Waals surface area (Å²) in [6, 6.07) is -0.427. The van der Waals surface area contributed by atoms with E-state index in [-0.39, 0.29) is 23.7 Å². The number of nitrogens with zero attached hydrogens (tertiary/aromatic N) is 2. The standard InChI is InChI=1S/C15H21N3O2S/c1-9(2)12-13(19)18(8-11-16-6-7-21-11)15(3,10-4-5-10)14(20)17-12/h6-7,9-10,12H,4-5,8H2,1-3H3,(H,17,20). The number of thiazole rings is 1. The van der Waals surface area contributed by atoms with Gasteiger partial charge in [0.05, 0.1) is 6.54 Å². The summed E-state index contributed by atoms with van der Waals surface area (Å²) in [6.07, 6.45) is 3.76. The van der Waals surface area contributed by atoms with E-state index in [4.69, 9.17) is 0 Å². The molecule has 1 N–H and O–H groups in total. The van der Waals surface area contributed by atoms with E-state index in [1.165, 1.54) is 11.3 Å². The van der Waals surface area contributed by atoms with Gasteiger partial charge in [-0.1, -0.05) is 13.8 Å². The first kappa shape index (κ1) is 14.5. The number of hydrogen-bond donors (Lipinski definition) is 1. The van der Waals surface area contributed by atoms with Crippen LogP contribution in [-0.4, -0.2) is 33.3 Å². The van der Waals surface area contributed by atoms with Gasteiger partial charge in [0.15, 0.2) is 0 Å². The highest BCUT2D eigenvalue weighted by Gasteiger charge is 2.57. The fourth-order valence-electron chi connectivity index (χ4n) is 3.08. The lowest BCUT2D eigenvalue weighted by Gasteiger charge is -2.47. The second-order valence-corrected chi connectivity index (χ2v) is 7.45. The molecule has 2 fully saturated rings. The van der Waals surface area contributed by atoms with E-state index in [0.29, 0.717) is 6.54 Å². The largest absolute Gasteiger partial charge is 0.342 e. The molecule has 1 saturated heterocycles. The fraction of sp³-hybridized carbons (Fsp3) is 0.667. The van der Waals surface area contributed by atoms with E-state index in [0.717, 1.165) is 17.8 Å². The topological polar surface area (TPSA) is 62.3 Å². The molecule has 0 bridgehead atoms. The minimum atomic E-state index is -0.728. The van der Waals surface area contributed by atoms with Crippen molar-refractivity contribution in [2.24, 2.45) is 11.8 Å². The second-order valence-electron chi connectivity index (χ2n) is 6.47. The van der Waals surface area contributed by atoms with E-state index >= 15 is 0 Å². The normalized spacial score (nSPS) is 29.9. The van der Waals surface area contributed by atoms with Crippen molar-refractivity contribution in [1.82, 2.24) is 15.2 Å². The Kier molecular flexibility index (Phi) is 3.51. The number of amides is 2. The van der Waals surface area contributed by atoms with Crippen molar-refractivity contribution in [1.29, 1.82) is 0 Å². The Morgan fingerprint density at radius 3 is 2.71 bits per heavy atom. The number of carbonyl (C=O) groups excluding carboxylic acids is 2. The Morgan fingerprint density at radius 1 is 1.48 bits per heavy atom. The summed E-state index contributed by atoms with van der Waals surface area (Å²) in [5.74, 6) is 0.368. The third-order valence-electron chi connectivity index (χ3n) is 4.65. The number of piperazine rings is 1. The molecule has 21 heavy (non-hydrogen) atoms. The van der Waals surface area contributed by atoms with Gasteiger partial charge in [-0.05, 0) is 31.6 Å². The molecule has 1 aromatic heterocycles. The molecule has 1 aliphatic carbocycles. The van der Waals surface area contributed by atoms with Crippen LogP contribution >= 0.6 is 11.3 Å². The number of rotatable bonds is 4. The van der Waals surface area contributed by atoms with Gasteiger partial charge in [0.2, 0.25) is 11.8 Å². The molecular formula is C15H21N3O2S. The van der Waals surface area contributed by atoms with Gasteiger partial charge in [0, 0.05) is 11.6 Å². The first-order valence-electron chi connectivity index (χ1n) is 7.45. The summed E-state index contributed by atoms with van der Waals surface area (Å²) in [4.78, 5) is 31.6. The van der Waals surface area contributed by atoms with Crippen LogP contribution in [0.3, 0.4) is 0 Å². The average Bonchev–Trinajstić information content (AvgIpc) is 3.17. The highest BCUT2D eigenvalue weighted by Crippen LogP contribution is 2.45. The van der Waals surface area contributed by atoms with Crippen LogP contribution in [0.1, 0.15) is 38.6 Å². The summed E-state index contributed by atoms with van der Waals surface area (Å²) in [7, 11) is 0. The van der Waals surface area contributed by atoms with Gasteiger partial charge in [-0.15, -0.1) is 11.3 Å². The van der Waals surface area contributed by atoms with Gasteiger partial charge in [0.25, 0.3) is 0 Å². The summed E-state index contributed by atoms with van der Waals surface area (Å²) in [6.45, 7) is 6.26. The smallest absolute Gasteiger partial charge is 0.246 e. The number of carbonyl (C=O) groups is 2. The van der Waals surface area contributed by atoms with Crippen molar-refractivity contribution in [2.75, 3.05) is 0 Å². The molecule has 2 atom stereocenters. The molecule has 0 spiro atoms. The van der Waals surface area contributed by atoms with Gasteiger partial charge in [-0.3, -0.25) is 9.59 Å². The van der Waals surface area contributed by atoms with Crippen LogP contribution in [-0.2, 0) is 16.1 Å². The molecule has 5 nitrogen and oxygen atoms in total. The van der Waals surface area contributed by atoms with Gasteiger partial charge in [-0.2, -0.15) is 0 Å². The zero-order valence-corrected chi connectivity index (χ0v) is 13.4. The van der Waals surface area contributed by atoms with Crippen molar-refractivity contribution in [3.63, 3.8) is 0 Å². The lowest BCUT2D eigenvalue weighted by molar-refractivity contribution is -0.160. The third kappa shape index (κ3) is 2.35. The number of hydrogen-bond acceptors (Lipinski definition) is 4. The van der Waals surface area contributed by atoms with E-state index in [2.05, 4.69) is 10.3 Å². The molecular weight excluding hydrogens is 286 g/mol. The van der Waals surface area contributed by atoms with E-state index in [9.17, 15) is 9.59 Å². The van der Waals surface area contributed by atoms with Gasteiger partial charge in [-0.25, -0.2) is 4.98 Å². The Bertz CT molecular complexity index is 553.